The Bertz CT molecular complexity index is 488. The molecule has 1 aromatic heterocycles. The molecule has 1 aromatic carbocycles. The van der Waals surface area contributed by atoms with Crippen molar-refractivity contribution in [2.45, 2.75) is 19.4 Å². The number of hydrogen-bond acceptors (Lipinski definition) is 4. The largest absolute Gasteiger partial charge is 0.493 e. The van der Waals surface area contributed by atoms with E-state index in [0.29, 0.717) is 23.7 Å². The Morgan fingerprint density at radius 3 is 2.61 bits per heavy atom. The highest BCUT2D eigenvalue weighted by Crippen LogP contribution is 2.27. The van der Waals surface area contributed by atoms with E-state index in [1.807, 2.05) is 31.2 Å². The second kappa shape index (κ2) is 6.12. The Labute approximate surface area is 106 Å². The zero-order valence-electron chi connectivity index (χ0n) is 10.3. The van der Waals surface area contributed by atoms with Gasteiger partial charge >= 0.3 is 0 Å². The van der Waals surface area contributed by atoms with Gasteiger partial charge < -0.3 is 9.84 Å². The minimum Gasteiger partial charge on any atom is -0.493 e. The Hall–Kier alpha value is -1.94. The molecule has 0 saturated heterocycles. The number of aliphatic hydroxyl groups excluding tert-OH is 1. The highest BCUT2D eigenvalue weighted by molar-refractivity contribution is 5.37. The fourth-order valence-corrected chi connectivity index (χ4v) is 1.64. The van der Waals surface area contributed by atoms with Crippen molar-refractivity contribution in [2.75, 3.05) is 6.61 Å². The first-order valence-corrected chi connectivity index (χ1v) is 5.99. The number of aliphatic hydroxyl groups is 1. The molecule has 2 aromatic rings. The van der Waals surface area contributed by atoms with Crippen LogP contribution in [0.2, 0.25) is 0 Å². The number of rotatable bonds is 5. The molecule has 4 nitrogen and oxygen atoms in total. The van der Waals surface area contributed by atoms with Gasteiger partial charge in [-0.05, 0) is 18.6 Å². The molecule has 1 heterocycles. The van der Waals surface area contributed by atoms with E-state index in [0.717, 1.165) is 6.42 Å². The van der Waals surface area contributed by atoms with Gasteiger partial charge in [0.1, 0.15) is 11.9 Å². The van der Waals surface area contributed by atoms with E-state index in [-0.39, 0.29) is 0 Å². The van der Waals surface area contributed by atoms with Gasteiger partial charge in [0, 0.05) is 18.0 Å². The molecule has 0 bridgehead atoms. The summed E-state index contributed by atoms with van der Waals surface area (Å²) in [7, 11) is 0. The Morgan fingerprint density at radius 1 is 1.17 bits per heavy atom. The van der Waals surface area contributed by atoms with Crippen molar-refractivity contribution in [3.05, 3.63) is 54.1 Å². The Balaban J connectivity index is 2.27. The van der Waals surface area contributed by atoms with Crippen molar-refractivity contribution in [3.63, 3.8) is 0 Å². The number of hydrogen-bond donors (Lipinski definition) is 1. The normalized spacial score (nSPS) is 12.1. The molecule has 0 aliphatic carbocycles. The summed E-state index contributed by atoms with van der Waals surface area (Å²) in [6.45, 7) is 2.67. The average Bonchev–Trinajstić information content (AvgIpc) is 2.45. The fraction of sp³-hybridized carbons (Fsp3) is 0.286. The second-order valence-corrected chi connectivity index (χ2v) is 3.90. The lowest BCUT2D eigenvalue weighted by atomic mass is 10.1. The van der Waals surface area contributed by atoms with Crippen LogP contribution in [0.5, 0.6) is 5.75 Å². The lowest BCUT2D eigenvalue weighted by molar-refractivity contribution is 0.201. The quantitative estimate of drug-likeness (QED) is 0.877. The predicted octanol–water partition coefficient (Wildman–Crippen LogP) is 2.35. The van der Waals surface area contributed by atoms with E-state index < -0.39 is 6.10 Å². The van der Waals surface area contributed by atoms with Crippen LogP contribution in [-0.4, -0.2) is 21.7 Å². The van der Waals surface area contributed by atoms with E-state index in [1.165, 1.54) is 0 Å². The highest BCUT2D eigenvalue weighted by Gasteiger charge is 2.17. The summed E-state index contributed by atoms with van der Waals surface area (Å²) in [5, 5.41) is 10.3. The third-order valence-electron chi connectivity index (χ3n) is 2.51. The molecular weight excluding hydrogens is 228 g/mol. The first kappa shape index (κ1) is 12.5. The van der Waals surface area contributed by atoms with E-state index in [2.05, 4.69) is 9.97 Å². The van der Waals surface area contributed by atoms with E-state index >= 15 is 0 Å². The van der Waals surface area contributed by atoms with Crippen LogP contribution in [0.4, 0.5) is 0 Å². The molecule has 4 heteroatoms. The number of nitrogens with zero attached hydrogens (tertiary/aromatic N) is 2. The molecule has 0 amide bonds. The number of ether oxygens (including phenoxy) is 1. The first-order valence-electron chi connectivity index (χ1n) is 5.99. The predicted molar refractivity (Wildman–Crippen MR) is 68.3 cm³/mol. The molecule has 18 heavy (non-hydrogen) atoms. The van der Waals surface area contributed by atoms with Crippen molar-refractivity contribution in [1.82, 2.24) is 9.97 Å². The lowest BCUT2D eigenvalue weighted by Crippen LogP contribution is -2.07. The van der Waals surface area contributed by atoms with Crippen LogP contribution in [0, 0.1) is 0 Å². The van der Waals surface area contributed by atoms with Gasteiger partial charge in [-0.2, -0.15) is 0 Å². The van der Waals surface area contributed by atoms with Gasteiger partial charge in [0.25, 0.3) is 0 Å². The van der Waals surface area contributed by atoms with E-state index in [4.69, 9.17) is 4.74 Å². The summed E-state index contributed by atoms with van der Waals surface area (Å²) in [4.78, 5) is 8.12. The molecule has 2 rings (SSSR count). The van der Waals surface area contributed by atoms with Crippen LogP contribution in [0.3, 0.4) is 0 Å². The minimum atomic E-state index is -0.862. The van der Waals surface area contributed by atoms with Crippen molar-refractivity contribution in [3.8, 4) is 5.75 Å². The number of benzene rings is 1. The van der Waals surface area contributed by atoms with Gasteiger partial charge in [-0.15, -0.1) is 0 Å². The second-order valence-electron chi connectivity index (χ2n) is 3.90. The fourth-order valence-electron chi connectivity index (χ4n) is 1.64. The van der Waals surface area contributed by atoms with Crippen molar-refractivity contribution in [2.24, 2.45) is 0 Å². The monoisotopic (exact) mass is 244 g/mol. The molecule has 1 atom stereocenters. The van der Waals surface area contributed by atoms with Crippen LogP contribution >= 0.6 is 0 Å². The van der Waals surface area contributed by atoms with Gasteiger partial charge in [-0.3, -0.25) is 0 Å². The molecule has 0 fully saturated rings. The molecule has 0 radical (unpaired) electrons. The maximum atomic E-state index is 10.3. The van der Waals surface area contributed by atoms with Crippen LogP contribution in [-0.2, 0) is 0 Å². The standard InChI is InChI=1S/C14H16N2O2/c1-2-10-18-12-7-4-3-6-11(12)13(17)14-15-8-5-9-16-14/h3-9,13,17H,2,10H2,1H3. The third-order valence-corrected chi connectivity index (χ3v) is 2.51. The molecule has 0 aliphatic rings. The summed E-state index contributed by atoms with van der Waals surface area (Å²) >= 11 is 0. The van der Waals surface area contributed by atoms with Crippen LogP contribution in [0.1, 0.15) is 30.8 Å². The van der Waals surface area contributed by atoms with Gasteiger partial charge in [0.2, 0.25) is 0 Å². The zero-order chi connectivity index (χ0) is 12.8. The SMILES string of the molecule is CCCOc1ccccc1C(O)c1ncccn1. The lowest BCUT2D eigenvalue weighted by Gasteiger charge is -2.14. The third kappa shape index (κ3) is 2.84. The molecule has 1 unspecified atom stereocenters. The maximum Gasteiger partial charge on any atom is 0.161 e. The first-order chi connectivity index (χ1) is 8.83. The number of aromatic nitrogens is 2. The molecule has 94 valence electrons. The van der Waals surface area contributed by atoms with E-state index in [9.17, 15) is 5.11 Å². The van der Waals surface area contributed by atoms with E-state index in [1.54, 1.807) is 18.5 Å². The summed E-state index contributed by atoms with van der Waals surface area (Å²) in [6, 6.07) is 9.13. The minimum absolute atomic E-state index is 0.380. The molecule has 1 N–H and O–H groups in total. The summed E-state index contributed by atoms with van der Waals surface area (Å²) < 4.78 is 5.61. The van der Waals surface area contributed by atoms with Gasteiger partial charge in [0.15, 0.2) is 5.82 Å². The van der Waals surface area contributed by atoms with Crippen LogP contribution in [0.25, 0.3) is 0 Å². The molecule has 0 saturated carbocycles. The van der Waals surface area contributed by atoms with Gasteiger partial charge in [0.05, 0.1) is 6.61 Å². The average molecular weight is 244 g/mol. The Morgan fingerprint density at radius 2 is 1.89 bits per heavy atom. The molecular formula is C14H16N2O2. The maximum absolute atomic E-state index is 10.3. The smallest absolute Gasteiger partial charge is 0.161 e. The van der Waals surface area contributed by atoms with Gasteiger partial charge in [-0.1, -0.05) is 25.1 Å². The van der Waals surface area contributed by atoms with Crippen molar-refractivity contribution in [1.29, 1.82) is 0 Å². The van der Waals surface area contributed by atoms with Crippen molar-refractivity contribution >= 4 is 0 Å². The van der Waals surface area contributed by atoms with Crippen LogP contribution < -0.4 is 4.74 Å². The van der Waals surface area contributed by atoms with Crippen LogP contribution in [0.15, 0.2) is 42.7 Å². The highest BCUT2D eigenvalue weighted by atomic mass is 16.5. The summed E-state index contributed by atoms with van der Waals surface area (Å²) in [5.41, 5.74) is 0.692. The molecule has 0 aliphatic heterocycles. The number of para-hydroxylation sites is 1. The zero-order valence-corrected chi connectivity index (χ0v) is 10.3. The molecule has 0 spiro atoms. The topological polar surface area (TPSA) is 55.2 Å². The van der Waals surface area contributed by atoms with Crippen molar-refractivity contribution < 1.29 is 9.84 Å². The Kier molecular flexibility index (Phi) is 4.25. The van der Waals surface area contributed by atoms with Gasteiger partial charge in [-0.25, -0.2) is 9.97 Å². The summed E-state index contributed by atoms with van der Waals surface area (Å²) in [6.07, 6.45) is 3.29. The summed E-state index contributed by atoms with van der Waals surface area (Å²) in [5.74, 6) is 1.06.